The van der Waals surface area contributed by atoms with Gasteiger partial charge in [-0.25, -0.2) is 0 Å². The summed E-state index contributed by atoms with van der Waals surface area (Å²) in [6.45, 7) is 2.90. The number of nitrogens with two attached hydrogens (primary N) is 1. The van der Waals surface area contributed by atoms with Crippen molar-refractivity contribution in [3.05, 3.63) is 34.9 Å². The lowest BCUT2D eigenvalue weighted by Gasteiger charge is -2.17. The summed E-state index contributed by atoms with van der Waals surface area (Å²) >= 11 is 5.95. The van der Waals surface area contributed by atoms with Gasteiger partial charge in [0.05, 0.1) is 12.7 Å². The Morgan fingerprint density at radius 2 is 2.38 bits per heavy atom. The van der Waals surface area contributed by atoms with Crippen LogP contribution in [0.1, 0.15) is 18.9 Å². The Labute approximate surface area is 102 Å². The van der Waals surface area contributed by atoms with Crippen LogP contribution in [-0.4, -0.2) is 18.8 Å². The molecule has 3 heteroatoms. The van der Waals surface area contributed by atoms with Crippen LogP contribution >= 0.6 is 11.6 Å². The number of rotatable bonds is 3. The maximum absolute atomic E-state index is 6.20. The van der Waals surface area contributed by atoms with Crippen molar-refractivity contribution in [2.45, 2.75) is 31.9 Å². The first-order chi connectivity index (χ1) is 7.65. The molecule has 2 nitrogen and oxygen atoms in total. The molecular weight excluding hydrogens is 222 g/mol. The van der Waals surface area contributed by atoms with E-state index in [0.717, 1.165) is 24.5 Å². The largest absolute Gasteiger partial charge is 0.378 e. The molecule has 0 saturated carbocycles. The lowest BCUT2D eigenvalue weighted by Crippen LogP contribution is -2.32. The number of hydrogen-bond acceptors (Lipinski definition) is 2. The van der Waals surface area contributed by atoms with Gasteiger partial charge in [0.1, 0.15) is 0 Å². The SMILES string of the molecule is CC1CC(C(N)Cc2cccc(Cl)c2)CO1. The molecule has 1 heterocycles. The summed E-state index contributed by atoms with van der Waals surface area (Å²) in [4.78, 5) is 0. The fourth-order valence-corrected chi connectivity index (χ4v) is 2.46. The zero-order valence-corrected chi connectivity index (χ0v) is 10.3. The van der Waals surface area contributed by atoms with Crippen LogP contribution in [0.3, 0.4) is 0 Å². The molecule has 1 aromatic rings. The summed E-state index contributed by atoms with van der Waals surface area (Å²) in [5, 5.41) is 0.778. The first kappa shape index (κ1) is 11.9. The molecular formula is C13H18ClNO. The maximum Gasteiger partial charge on any atom is 0.0551 e. The third kappa shape index (κ3) is 2.97. The van der Waals surface area contributed by atoms with Crippen molar-refractivity contribution >= 4 is 11.6 Å². The van der Waals surface area contributed by atoms with Gasteiger partial charge in [-0.2, -0.15) is 0 Å². The average molecular weight is 240 g/mol. The van der Waals surface area contributed by atoms with Crippen molar-refractivity contribution in [3.63, 3.8) is 0 Å². The van der Waals surface area contributed by atoms with Crippen LogP contribution in [0.2, 0.25) is 5.02 Å². The molecule has 1 aliphatic heterocycles. The van der Waals surface area contributed by atoms with Crippen LogP contribution in [0.4, 0.5) is 0 Å². The Morgan fingerprint density at radius 3 is 3.00 bits per heavy atom. The van der Waals surface area contributed by atoms with E-state index in [1.807, 2.05) is 18.2 Å². The van der Waals surface area contributed by atoms with Crippen molar-refractivity contribution in [2.75, 3.05) is 6.61 Å². The second kappa shape index (κ2) is 5.17. The van der Waals surface area contributed by atoms with Crippen molar-refractivity contribution in [2.24, 2.45) is 11.7 Å². The molecule has 2 rings (SSSR count). The summed E-state index contributed by atoms with van der Waals surface area (Å²) < 4.78 is 5.54. The van der Waals surface area contributed by atoms with Crippen molar-refractivity contribution in [3.8, 4) is 0 Å². The normalized spacial score (nSPS) is 26.9. The van der Waals surface area contributed by atoms with Crippen molar-refractivity contribution in [1.29, 1.82) is 0 Å². The van der Waals surface area contributed by atoms with Gasteiger partial charge < -0.3 is 10.5 Å². The molecule has 0 aromatic heterocycles. The zero-order chi connectivity index (χ0) is 11.5. The topological polar surface area (TPSA) is 35.2 Å². The highest BCUT2D eigenvalue weighted by atomic mass is 35.5. The number of ether oxygens (including phenoxy) is 1. The monoisotopic (exact) mass is 239 g/mol. The lowest BCUT2D eigenvalue weighted by atomic mass is 9.92. The summed E-state index contributed by atoms with van der Waals surface area (Å²) in [5.74, 6) is 0.481. The Bertz CT molecular complexity index is 356. The Kier molecular flexibility index (Phi) is 3.85. The molecule has 1 fully saturated rings. The second-order valence-corrected chi connectivity index (χ2v) is 5.07. The highest BCUT2D eigenvalue weighted by Crippen LogP contribution is 2.23. The van der Waals surface area contributed by atoms with E-state index < -0.39 is 0 Å². The minimum atomic E-state index is 0.170. The summed E-state index contributed by atoms with van der Waals surface area (Å²) in [5.41, 5.74) is 7.41. The van der Waals surface area contributed by atoms with E-state index in [0.29, 0.717) is 12.0 Å². The molecule has 0 bridgehead atoms. The number of halogens is 1. The van der Waals surface area contributed by atoms with Gasteiger partial charge in [-0.1, -0.05) is 23.7 Å². The maximum atomic E-state index is 6.20. The first-order valence-corrected chi connectivity index (χ1v) is 6.14. The van der Waals surface area contributed by atoms with E-state index >= 15 is 0 Å². The highest BCUT2D eigenvalue weighted by Gasteiger charge is 2.27. The van der Waals surface area contributed by atoms with E-state index in [-0.39, 0.29) is 6.04 Å². The molecule has 3 atom stereocenters. The first-order valence-electron chi connectivity index (χ1n) is 5.77. The average Bonchev–Trinajstić information content (AvgIpc) is 2.65. The second-order valence-electron chi connectivity index (χ2n) is 4.64. The fraction of sp³-hybridized carbons (Fsp3) is 0.538. The molecule has 1 aromatic carbocycles. The molecule has 16 heavy (non-hydrogen) atoms. The predicted octanol–water partition coefficient (Wildman–Crippen LogP) is 2.63. The molecule has 2 N–H and O–H groups in total. The predicted molar refractivity (Wildman–Crippen MR) is 66.7 cm³/mol. The van der Waals surface area contributed by atoms with Gasteiger partial charge in [-0.15, -0.1) is 0 Å². The quantitative estimate of drug-likeness (QED) is 0.880. The molecule has 1 saturated heterocycles. The molecule has 1 aliphatic rings. The van der Waals surface area contributed by atoms with E-state index in [4.69, 9.17) is 22.1 Å². The van der Waals surface area contributed by atoms with Gasteiger partial charge in [0.2, 0.25) is 0 Å². The Hall–Kier alpha value is -0.570. The van der Waals surface area contributed by atoms with Crippen LogP contribution in [-0.2, 0) is 11.2 Å². The van der Waals surface area contributed by atoms with Gasteiger partial charge in [0.25, 0.3) is 0 Å². The van der Waals surface area contributed by atoms with E-state index in [1.54, 1.807) is 0 Å². The molecule has 0 aliphatic carbocycles. The summed E-state index contributed by atoms with van der Waals surface area (Å²) in [6, 6.07) is 8.09. The van der Waals surface area contributed by atoms with Crippen molar-refractivity contribution < 1.29 is 4.74 Å². The van der Waals surface area contributed by atoms with Gasteiger partial charge in [-0.3, -0.25) is 0 Å². The number of benzene rings is 1. The summed E-state index contributed by atoms with van der Waals surface area (Å²) in [6.07, 6.45) is 2.30. The molecule has 0 amide bonds. The molecule has 88 valence electrons. The fourth-order valence-electron chi connectivity index (χ4n) is 2.25. The van der Waals surface area contributed by atoms with Gasteiger partial charge in [0, 0.05) is 17.0 Å². The molecule has 3 unspecified atom stereocenters. The van der Waals surface area contributed by atoms with E-state index in [1.165, 1.54) is 5.56 Å². The van der Waals surface area contributed by atoms with Gasteiger partial charge >= 0.3 is 0 Å². The Balaban J connectivity index is 1.94. The lowest BCUT2D eigenvalue weighted by molar-refractivity contribution is 0.118. The van der Waals surface area contributed by atoms with Gasteiger partial charge in [-0.05, 0) is 37.5 Å². The van der Waals surface area contributed by atoms with Crippen LogP contribution in [0.15, 0.2) is 24.3 Å². The minimum absolute atomic E-state index is 0.170. The molecule has 0 spiro atoms. The minimum Gasteiger partial charge on any atom is -0.378 e. The summed E-state index contributed by atoms with van der Waals surface area (Å²) in [7, 11) is 0. The van der Waals surface area contributed by atoms with E-state index in [9.17, 15) is 0 Å². The highest BCUT2D eigenvalue weighted by molar-refractivity contribution is 6.30. The van der Waals surface area contributed by atoms with Crippen LogP contribution < -0.4 is 5.73 Å². The Morgan fingerprint density at radius 1 is 1.56 bits per heavy atom. The van der Waals surface area contributed by atoms with Crippen LogP contribution in [0.5, 0.6) is 0 Å². The molecule has 0 radical (unpaired) electrons. The smallest absolute Gasteiger partial charge is 0.0551 e. The van der Waals surface area contributed by atoms with Gasteiger partial charge in [0.15, 0.2) is 0 Å². The third-order valence-corrected chi connectivity index (χ3v) is 3.43. The van der Waals surface area contributed by atoms with Crippen molar-refractivity contribution in [1.82, 2.24) is 0 Å². The van der Waals surface area contributed by atoms with Crippen LogP contribution in [0.25, 0.3) is 0 Å². The standard InChI is InChI=1S/C13H18ClNO/c1-9-5-11(8-16-9)13(15)7-10-3-2-4-12(14)6-10/h2-4,6,9,11,13H,5,7-8,15H2,1H3. The third-order valence-electron chi connectivity index (χ3n) is 3.20. The van der Waals surface area contributed by atoms with E-state index in [2.05, 4.69) is 13.0 Å². The number of hydrogen-bond donors (Lipinski definition) is 1. The zero-order valence-electron chi connectivity index (χ0n) is 9.53. The van der Waals surface area contributed by atoms with Crippen LogP contribution in [0, 0.1) is 5.92 Å².